The summed E-state index contributed by atoms with van der Waals surface area (Å²) < 4.78 is 0. The highest BCUT2D eigenvalue weighted by atomic mass is 16.3. The number of benzene rings is 1. The number of aryl methyl sites for hydroxylation is 1. The van der Waals surface area contributed by atoms with Crippen LogP contribution >= 0.6 is 0 Å². The molecule has 1 aromatic carbocycles. The third kappa shape index (κ3) is 4.71. The van der Waals surface area contributed by atoms with Gasteiger partial charge in [-0.1, -0.05) is 39.1 Å². The maximum absolute atomic E-state index is 12.7. The van der Waals surface area contributed by atoms with Crippen LogP contribution in [0.2, 0.25) is 0 Å². The van der Waals surface area contributed by atoms with E-state index in [1.54, 1.807) is 12.1 Å². The van der Waals surface area contributed by atoms with Gasteiger partial charge in [0.2, 0.25) is 5.91 Å². The second-order valence-corrected chi connectivity index (χ2v) is 5.93. The van der Waals surface area contributed by atoms with E-state index in [1.807, 2.05) is 19.9 Å². The molecule has 0 saturated heterocycles. The summed E-state index contributed by atoms with van der Waals surface area (Å²) in [6.07, 6.45) is 3.72. The zero-order valence-corrected chi connectivity index (χ0v) is 16.0. The van der Waals surface area contributed by atoms with Crippen molar-refractivity contribution in [1.82, 2.24) is 0 Å². The van der Waals surface area contributed by atoms with E-state index in [-0.39, 0.29) is 25.4 Å². The third-order valence-corrected chi connectivity index (χ3v) is 4.34. The van der Waals surface area contributed by atoms with E-state index < -0.39 is 11.9 Å². The van der Waals surface area contributed by atoms with Gasteiger partial charge in [0.1, 0.15) is 6.29 Å². The van der Waals surface area contributed by atoms with Crippen LogP contribution in [0.5, 0.6) is 0 Å². The predicted molar refractivity (Wildman–Crippen MR) is 108 cm³/mol. The molecule has 6 heteroatoms. The SMILES string of the molecule is C=Cc1c(CCCO)ccc2c1C(=C)C(=O)N2C(C=O)CCC(N)=O.CC. The number of carbonyl (C=O) groups excluding carboxylic acids is 3. The number of hydrogen-bond acceptors (Lipinski definition) is 4. The van der Waals surface area contributed by atoms with Crippen molar-refractivity contribution in [3.8, 4) is 0 Å². The van der Waals surface area contributed by atoms with Gasteiger partial charge in [-0.15, -0.1) is 0 Å². The number of anilines is 1. The van der Waals surface area contributed by atoms with Crippen LogP contribution in [0.25, 0.3) is 11.6 Å². The smallest absolute Gasteiger partial charge is 0.259 e. The molecule has 0 fully saturated rings. The molecule has 146 valence electrons. The summed E-state index contributed by atoms with van der Waals surface area (Å²) in [6, 6.07) is 2.85. The lowest BCUT2D eigenvalue weighted by atomic mass is 9.94. The number of primary amides is 1. The molecule has 1 atom stereocenters. The summed E-state index contributed by atoms with van der Waals surface area (Å²) in [7, 11) is 0. The van der Waals surface area contributed by atoms with Crippen molar-refractivity contribution in [2.24, 2.45) is 5.73 Å². The quantitative estimate of drug-likeness (QED) is 0.514. The highest BCUT2D eigenvalue weighted by Crippen LogP contribution is 2.41. The minimum Gasteiger partial charge on any atom is -0.396 e. The number of aliphatic hydroxyl groups excluding tert-OH is 1. The Kier molecular flexibility index (Phi) is 8.62. The number of nitrogens with two attached hydrogens (primary N) is 1. The first kappa shape index (κ1) is 22.3. The van der Waals surface area contributed by atoms with Gasteiger partial charge in [-0.05, 0) is 36.5 Å². The molecule has 27 heavy (non-hydrogen) atoms. The van der Waals surface area contributed by atoms with Crippen molar-refractivity contribution in [1.29, 1.82) is 0 Å². The molecule has 6 nitrogen and oxygen atoms in total. The van der Waals surface area contributed by atoms with E-state index in [4.69, 9.17) is 10.8 Å². The summed E-state index contributed by atoms with van der Waals surface area (Å²) in [5, 5.41) is 9.05. The molecular formula is C21H28N2O4. The standard InChI is InChI=1S/C19H22N2O4.C2H6/c1-3-15-13(5-4-10-22)6-8-16-18(15)12(2)19(25)21(16)14(11-23)7-9-17(20)24;1-2/h3,6,8,11,14,22H,1-2,4-5,7,9-10H2,(H2,20,24);1-2H3. The van der Waals surface area contributed by atoms with Crippen LogP contribution < -0.4 is 10.6 Å². The molecule has 2 amide bonds. The van der Waals surface area contributed by atoms with Gasteiger partial charge in [-0.3, -0.25) is 14.5 Å². The zero-order chi connectivity index (χ0) is 20.6. The van der Waals surface area contributed by atoms with Crippen LogP contribution in [0.1, 0.15) is 49.8 Å². The van der Waals surface area contributed by atoms with Gasteiger partial charge in [0.15, 0.2) is 0 Å². The second kappa shape index (κ2) is 10.4. The summed E-state index contributed by atoms with van der Waals surface area (Å²) in [6.45, 7) is 11.8. The van der Waals surface area contributed by atoms with Crippen LogP contribution in [-0.2, 0) is 20.8 Å². The molecule has 0 saturated carbocycles. The lowest BCUT2D eigenvalue weighted by Crippen LogP contribution is -2.39. The Morgan fingerprint density at radius 3 is 2.56 bits per heavy atom. The average Bonchev–Trinajstić information content (AvgIpc) is 2.93. The largest absolute Gasteiger partial charge is 0.396 e. The van der Waals surface area contributed by atoms with Crippen LogP contribution in [0.15, 0.2) is 25.3 Å². The molecule has 1 aliphatic heterocycles. The van der Waals surface area contributed by atoms with E-state index in [0.717, 1.165) is 11.1 Å². The molecule has 0 spiro atoms. The number of fused-ring (bicyclic) bond motifs is 1. The van der Waals surface area contributed by atoms with Crippen molar-refractivity contribution in [2.45, 2.75) is 45.6 Å². The lowest BCUT2D eigenvalue weighted by Gasteiger charge is -2.24. The number of carbonyl (C=O) groups is 3. The minimum absolute atomic E-state index is 0.0118. The number of rotatable bonds is 9. The monoisotopic (exact) mass is 372 g/mol. The molecule has 0 radical (unpaired) electrons. The molecule has 0 bridgehead atoms. The first-order chi connectivity index (χ1) is 13.0. The van der Waals surface area contributed by atoms with Gasteiger partial charge < -0.3 is 15.6 Å². The van der Waals surface area contributed by atoms with E-state index in [1.165, 1.54) is 4.90 Å². The molecule has 1 aliphatic rings. The third-order valence-electron chi connectivity index (χ3n) is 4.34. The van der Waals surface area contributed by atoms with Crippen molar-refractivity contribution in [2.75, 3.05) is 11.5 Å². The Bertz CT molecular complexity index is 740. The summed E-state index contributed by atoms with van der Waals surface area (Å²) in [4.78, 5) is 36.6. The maximum atomic E-state index is 12.7. The van der Waals surface area contributed by atoms with E-state index >= 15 is 0 Å². The van der Waals surface area contributed by atoms with Gasteiger partial charge in [0, 0.05) is 24.2 Å². The van der Waals surface area contributed by atoms with Gasteiger partial charge in [-0.25, -0.2) is 0 Å². The minimum atomic E-state index is -0.779. The molecule has 0 aliphatic carbocycles. The highest BCUT2D eigenvalue weighted by Gasteiger charge is 2.37. The Morgan fingerprint density at radius 2 is 2.04 bits per heavy atom. The van der Waals surface area contributed by atoms with Gasteiger partial charge in [0.25, 0.3) is 5.91 Å². The molecule has 1 aromatic rings. The second-order valence-electron chi connectivity index (χ2n) is 5.93. The van der Waals surface area contributed by atoms with Crippen LogP contribution in [0.3, 0.4) is 0 Å². The van der Waals surface area contributed by atoms with Gasteiger partial charge in [-0.2, -0.15) is 0 Å². The summed E-state index contributed by atoms with van der Waals surface area (Å²) >= 11 is 0. The fraction of sp³-hybridized carbons (Fsp3) is 0.381. The predicted octanol–water partition coefficient (Wildman–Crippen LogP) is 2.47. The fourth-order valence-electron chi connectivity index (χ4n) is 3.13. The Labute approximate surface area is 160 Å². The first-order valence-corrected chi connectivity index (χ1v) is 9.11. The van der Waals surface area contributed by atoms with Gasteiger partial charge >= 0.3 is 0 Å². The molecule has 1 unspecified atom stereocenters. The van der Waals surface area contributed by atoms with E-state index in [0.29, 0.717) is 36.0 Å². The van der Waals surface area contributed by atoms with Crippen LogP contribution in [0, 0.1) is 0 Å². The van der Waals surface area contributed by atoms with Crippen LogP contribution in [0.4, 0.5) is 5.69 Å². The summed E-state index contributed by atoms with van der Waals surface area (Å²) in [5.74, 6) is -0.886. The number of nitrogens with zero attached hydrogens (tertiary/aromatic N) is 1. The van der Waals surface area contributed by atoms with Crippen molar-refractivity contribution < 1.29 is 19.5 Å². The van der Waals surface area contributed by atoms with Crippen LogP contribution in [-0.4, -0.2) is 35.9 Å². The van der Waals surface area contributed by atoms with E-state index in [9.17, 15) is 14.4 Å². The Morgan fingerprint density at radius 1 is 1.37 bits per heavy atom. The molecule has 0 aromatic heterocycles. The Balaban J connectivity index is 0.00000176. The van der Waals surface area contributed by atoms with Crippen molar-refractivity contribution in [3.63, 3.8) is 0 Å². The first-order valence-electron chi connectivity index (χ1n) is 9.11. The zero-order valence-electron chi connectivity index (χ0n) is 16.0. The molecular weight excluding hydrogens is 344 g/mol. The van der Waals surface area contributed by atoms with Gasteiger partial charge in [0.05, 0.1) is 11.7 Å². The van der Waals surface area contributed by atoms with Crippen molar-refractivity contribution >= 4 is 35.4 Å². The number of aldehydes is 1. The topological polar surface area (TPSA) is 101 Å². The molecule has 3 N–H and O–H groups in total. The number of hydrogen-bond donors (Lipinski definition) is 2. The normalized spacial score (nSPS) is 13.5. The lowest BCUT2D eigenvalue weighted by molar-refractivity contribution is -0.119. The fourth-order valence-corrected chi connectivity index (χ4v) is 3.13. The highest BCUT2D eigenvalue weighted by molar-refractivity contribution is 6.33. The molecule has 1 heterocycles. The number of aliphatic hydroxyl groups is 1. The number of amides is 2. The van der Waals surface area contributed by atoms with Crippen molar-refractivity contribution in [3.05, 3.63) is 42.0 Å². The summed E-state index contributed by atoms with van der Waals surface area (Å²) in [5.41, 5.74) is 8.42. The Hall–Kier alpha value is -2.73. The van der Waals surface area contributed by atoms with E-state index in [2.05, 4.69) is 13.2 Å². The molecule has 2 rings (SSSR count). The maximum Gasteiger partial charge on any atom is 0.259 e. The average molecular weight is 372 g/mol.